The van der Waals surface area contributed by atoms with Crippen LogP contribution in [0.2, 0.25) is 0 Å². The van der Waals surface area contributed by atoms with Gasteiger partial charge in [-0.2, -0.15) is 5.10 Å². The molecule has 0 aliphatic rings. The van der Waals surface area contributed by atoms with Crippen molar-refractivity contribution in [3.05, 3.63) is 28.5 Å². The van der Waals surface area contributed by atoms with E-state index < -0.39 is 0 Å². The summed E-state index contributed by atoms with van der Waals surface area (Å²) in [6, 6.07) is 0. The Morgan fingerprint density at radius 3 is 3.06 bits per heavy atom. The summed E-state index contributed by atoms with van der Waals surface area (Å²) in [6.45, 7) is 2.16. The van der Waals surface area contributed by atoms with Gasteiger partial charge in [-0.1, -0.05) is 0 Å². The number of nitrogens with zero attached hydrogens (tertiary/aromatic N) is 3. The first kappa shape index (κ1) is 11.6. The molecule has 7 heteroatoms. The molecule has 0 radical (unpaired) electrons. The lowest BCUT2D eigenvalue weighted by molar-refractivity contribution is -0.145. The summed E-state index contributed by atoms with van der Waals surface area (Å²) in [7, 11) is 0. The fourth-order valence-corrected chi connectivity index (χ4v) is 1.94. The predicted octanol–water partition coefficient (Wildman–Crippen LogP) is 0.974. The van der Waals surface area contributed by atoms with Crippen LogP contribution in [0.4, 0.5) is 5.69 Å². The number of ether oxygens (including phenoxy) is 1. The lowest BCUT2D eigenvalue weighted by Crippen LogP contribution is -2.13. The van der Waals surface area contributed by atoms with Gasteiger partial charge in [0.15, 0.2) is 0 Å². The van der Waals surface area contributed by atoms with Crippen molar-refractivity contribution in [2.24, 2.45) is 0 Å². The molecule has 90 valence electrons. The molecular weight excluding hydrogens is 240 g/mol. The first-order valence-corrected chi connectivity index (χ1v) is 5.86. The van der Waals surface area contributed by atoms with Gasteiger partial charge in [-0.3, -0.25) is 9.48 Å². The van der Waals surface area contributed by atoms with E-state index >= 15 is 0 Å². The summed E-state index contributed by atoms with van der Waals surface area (Å²) >= 11 is 1.47. The first-order valence-electron chi connectivity index (χ1n) is 4.98. The van der Waals surface area contributed by atoms with Crippen LogP contribution in [0.25, 0.3) is 0 Å². The molecular formula is C10H12N4O2S. The zero-order chi connectivity index (χ0) is 12.3. The summed E-state index contributed by atoms with van der Waals surface area (Å²) < 4.78 is 6.50. The van der Waals surface area contributed by atoms with Crippen molar-refractivity contribution in [1.29, 1.82) is 0 Å². The molecule has 0 amide bonds. The van der Waals surface area contributed by atoms with Crippen LogP contribution in [0.5, 0.6) is 0 Å². The fourth-order valence-electron chi connectivity index (χ4n) is 1.26. The smallest absolute Gasteiger partial charge is 0.328 e. The van der Waals surface area contributed by atoms with Crippen molar-refractivity contribution < 1.29 is 9.53 Å². The Bertz CT molecular complexity index is 520. The SMILES string of the molecule is Cc1csc(COC(=O)Cn2cc(N)cn2)n1. The highest BCUT2D eigenvalue weighted by Gasteiger charge is 2.07. The second kappa shape index (κ2) is 4.96. The van der Waals surface area contributed by atoms with Crippen LogP contribution in [0, 0.1) is 6.92 Å². The Morgan fingerprint density at radius 2 is 2.47 bits per heavy atom. The van der Waals surface area contributed by atoms with Crippen molar-refractivity contribution in [1.82, 2.24) is 14.8 Å². The van der Waals surface area contributed by atoms with Gasteiger partial charge in [-0.25, -0.2) is 4.98 Å². The van der Waals surface area contributed by atoms with Gasteiger partial charge in [0.2, 0.25) is 0 Å². The van der Waals surface area contributed by atoms with Crippen molar-refractivity contribution in [2.75, 3.05) is 5.73 Å². The number of aryl methyl sites for hydroxylation is 1. The number of nitrogen functional groups attached to an aromatic ring is 1. The summed E-state index contributed by atoms with van der Waals surface area (Å²) in [4.78, 5) is 15.6. The molecule has 2 N–H and O–H groups in total. The molecule has 0 unspecified atom stereocenters. The average molecular weight is 252 g/mol. The molecule has 0 aliphatic carbocycles. The summed E-state index contributed by atoms with van der Waals surface area (Å²) in [5.41, 5.74) is 6.93. The molecule has 0 saturated carbocycles. The number of anilines is 1. The van der Waals surface area contributed by atoms with E-state index in [0.717, 1.165) is 10.7 Å². The number of rotatable bonds is 4. The topological polar surface area (TPSA) is 83.0 Å². The lowest BCUT2D eigenvalue weighted by Gasteiger charge is -2.02. The second-order valence-electron chi connectivity index (χ2n) is 3.51. The van der Waals surface area contributed by atoms with Crippen LogP contribution in [0.15, 0.2) is 17.8 Å². The maximum absolute atomic E-state index is 11.5. The number of thiazole rings is 1. The van der Waals surface area contributed by atoms with E-state index in [1.807, 2.05) is 12.3 Å². The molecule has 0 saturated heterocycles. The molecule has 17 heavy (non-hydrogen) atoms. The molecule has 0 spiro atoms. The minimum atomic E-state index is -0.360. The van der Waals surface area contributed by atoms with E-state index in [9.17, 15) is 4.79 Å². The molecule has 2 aromatic rings. The van der Waals surface area contributed by atoms with Gasteiger partial charge in [0, 0.05) is 17.3 Å². The highest BCUT2D eigenvalue weighted by molar-refractivity contribution is 7.09. The molecule has 0 aliphatic heterocycles. The molecule has 6 nitrogen and oxygen atoms in total. The molecule has 2 aromatic heterocycles. The minimum absolute atomic E-state index is 0.0571. The van der Waals surface area contributed by atoms with Crippen LogP contribution in [-0.2, 0) is 22.7 Å². The maximum atomic E-state index is 11.5. The standard InChI is InChI=1S/C10H12N4O2S/c1-7-6-17-9(13-7)5-16-10(15)4-14-3-8(11)2-12-14/h2-3,6H,4-5,11H2,1H3. The number of hydrogen-bond donors (Lipinski definition) is 1. The van der Waals surface area contributed by atoms with Crippen LogP contribution in [-0.4, -0.2) is 20.7 Å². The number of esters is 1. The quantitative estimate of drug-likeness (QED) is 0.820. The van der Waals surface area contributed by atoms with E-state index in [4.69, 9.17) is 10.5 Å². The number of hydrogen-bond acceptors (Lipinski definition) is 6. The number of carbonyl (C=O) groups is 1. The Kier molecular flexibility index (Phi) is 3.38. The Labute approximate surface area is 102 Å². The second-order valence-corrected chi connectivity index (χ2v) is 4.46. The van der Waals surface area contributed by atoms with E-state index in [2.05, 4.69) is 10.1 Å². The van der Waals surface area contributed by atoms with Gasteiger partial charge in [-0.15, -0.1) is 11.3 Å². The normalized spacial score (nSPS) is 10.4. The van der Waals surface area contributed by atoms with Gasteiger partial charge in [0.05, 0.1) is 11.9 Å². The largest absolute Gasteiger partial charge is 0.457 e. The highest BCUT2D eigenvalue weighted by Crippen LogP contribution is 2.09. The van der Waals surface area contributed by atoms with Crippen molar-refractivity contribution >= 4 is 23.0 Å². The lowest BCUT2D eigenvalue weighted by atomic mass is 10.6. The third-order valence-corrected chi connectivity index (χ3v) is 2.91. The Hall–Kier alpha value is -1.89. The van der Waals surface area contributed by atoms with Gasteiger partial charge < -0.3 is 10.5 Å². The maximum Gasteiger partial charge on any atom is 0.328 e. The summed E-state index contributed by atoms with van der Waals surface area (Å²) in [6.07, 6.45) is 3.06. The molecule has 2 heterocycles. The van der Waals surface area contributed by atoms with Crippen molar-refractivity contribution in [2.45, 2.75) is 20.1 Å². The third-order valence-electron chi connectivity index (χ3n) is 1.97. The van der Waals surface area contributed by atoms with E-state index in [1.165, 1.54) is 22.2 Å². The van der Waals surface area contributed by atoms with Gasteiger partial charge >= 0.3 is 5.97 Å². The average Bonchev–Trinajstić information content (AvgIpc) is 2.85. The molecule has 0 aromatic carbocycles. The summed E-state index contributed by atoms with van der Waals surface area (Å²) in [5, 5.41) is 6.59. The zero-order valence-corrected chi connectivity index (χ0v) is 10.1. The molecule has 2 rings (SSSR count). The van der Waals surface area contributed by atoms with Crippen LogP contribution in [0.1, 0.15) is 10.7 Å². The minimum Gasteiger partial charge on any atom is -0.457 e. The first-order chi connectivity index (χ1) is 8.13. The van der Waals surface area contributed by atoms with E-state index in [-0.39, 0.29) is 19.1 Å². The fraction of sp³-hybridized carbons (Fsp3) is 0.300. The Balaban J connectivity index is 1.82. The molecule has 0 bridgehead atoms. The summed E-state index contributed by atoms with van der Waals surface area (Å²) in [5.74, 6) is -0.360. The van der Waals surface area contributed by atoms with E-state index in [0.29, 0.717) is 5.69 Å². The Morgan fingerprint density at radius 1 is 1.65 bits per heavy atom. The number of nitrogens with two attached hydrogens (primary N) is 1. The third kappa shape index (κ3) is 3.28. The van der Waals surface area contributed by atoms with Crippen LogP contribution >= 0.6 is 11.3 Å². The van der Waals surface area contributed by atoms with Crippen molar-refractivity contribution in [3.63, 3.8) is 0 Å². The number of carbonyl (C=O) groups excluding carboxylic acids is 1. The predicted molar refractivity (Wildman–Crippen MR) is 63.3 cm³/mol. The molecule has 0 fully saturated rings. The van der Waals surface area contributed by atoms with Gasteiger partial charge in [-0.05, 0) is 6.92 Å². The van der Waals surface area contributed by atoms with Gasteiger partial charge in [0.1, 0.15) is 18.2 Å². The number of aromatic nitrogens is 3. The zero-order valence-electron chi connectivity index (χ0n) is 9.29. The van der Waals surface area contributed by atoms with Gasteiger partial charge in [0.25, 0.3) is 0 Å². The van der Waals surface area contributed by atoms with E-state index in [1.54, 1.807) is 6.20 Å². The van der Waals surface area contributed by atoms with Crippen LogP contribution < -0.4 is 5.73 Å². The monoisotopic (exact) mass is 252 g/mol. The molecule has 0 atom stereocenters. The van der Waals surface area contributed by atoms with Crippen molar-refractivity contribution in [3.8, 4) is 0 Å². The highest BCUT2D eigenvalue weighted by atomic mass is 32.1. The van der Waals surface area contributed by atoms with Crippen LogP contribution in [0.3, 0.4) is 0 Å².